The zero-order valence-electron chi connectivity index (χ0n) is 12.5. The van der Waals surface area contributed by atoms with Gasteiger partial charge in [-0.05, 0) is 13.3 Å². The van der Waals surface area contributed by atoms with Crippen LogP contribution in [0.3, 0.4) is 0 Å². The maximum Gasteiger partial charge on any atom is 0.270 e. The summed E-state index contributed by atoms with van der Waals surface area (Å²) >= 11 is 0. The maximum atomic E-state index is 11.6. The Bertz CT molecular complexity index is 527. The fourth-order valence-corrected chi connectivity index (χ4v) is 1.82. The van der Waals surface area contributed by atoms with E-state index in [1.807, 2.05) is 0 Å². The number of carbonyl (C=O) groups excluding carboxylic acids is 1. The summed E-state index contributed by atoms with van der Waals surface area (Å²) in [7, 11) is 0. The molecular weight excluding hydrogens is 270 g/mol. The summed E-state index contributed by atoms with van der Waals surface area (Å²) < 4.78 is 0. The number of amides is 1. The average molecular weight is 291 g/mol. The van der Waals surface area contributed by atoms with Crippen LogP contribution in [-0.4, -0.2) is 16.5 Å². The van der Waals surface area contributed by atoms with E-state index in [1.165, 1.54) is 12.1 Å². The minimum absolute atomic E-state index is 0.00735. The molecule has 0 fully saturated rings. The molecule has 0 unspecified atom stereocenters. The molecule has 0 aromatic heterocycles. The zero-order valence-corrected chi connectivity index (χ0v) is 12.5. The van der Waals surface area contributed by atoms with Crippen molar-refractivity contribution in [2.75, 3.05) is 0 Å². The molecular formula is C15H21N3O3. The van der Waals surface area contributed by atoms with Crippen molar-refractivity contribution in [1.29, 1.82) is 0 Å². The molecule has 1 rings (SSSR count). The van der Waals surface area contributed by atoms with Crippen LogP contribution in [0.5, 0.6) is 0 Å². The molecule has 1 aromatic carbocycles. The molecule has 0 radical (unpaired) electrons. The number of nitro benzene ring substituents is 1. The van der Waals surface area contributed by atoms with E-state index in [0.717, 1.165) is 25.7 Å². The van der Waals surface area contributed by atoms with E-state index in [0.29, 0.717) is 17.7 Å². The highest BCUT2D eigenvalue weighted by atomic mass is 16.6. The van der Waals surface area contributed by atoms with Gasteiger partial charge in [-0.3, -0.25) is 14.9 Å². The van der Waals surface area contributed by atoms with Gasteiger partial charge in [-0.1, -0.05) is 38.3 Å². The van der Waals surface area contributed by atoms with Gasteiger partial charge in [-0.2, -0.15) is 5.10 Å². The first-order valence-electron chi connectivity index (χ1n) is 7.12. The Hall–Kier alpha value is -2.24. The highest BCUT2D eigenvalue weighted by Crippen LogP contribution is 2.13. The van der Waals surface area contributed by atoms with Gasteiger partial charge in [0, 0.05) is 24.1 Å². The lowest BCUT2D eigenvalue weighted by Gasteiger charge is -2.03. The summed E-state index contributed by atoms with van der Waals surface area (Å²) in [5, 5.41) is 14.7. The van der Waals surface area contributed by atoms with E-state index >= 15 is 0 Å². The highest BCUT2D eigenvalue weighted by molar-refractivity contribution is 5.99. The first-order valence-corrected chi connectivity index (χ1v) is 7.12. The second-order valence-electron chi connectivity index (χ2n) is 4.85. The number of rotatable bonds is 8. The molecule has 0 aliphatic carbocycles. The van der Waals surface area contributed by atoms with Gasteiger partial charge in [0.05, 0.1) is 10.6 Å². The maximum absolute atomic E-state index is 11.6. The van der Waals surface area contributed by atoms with E-state index < -0.39 is 4.92 Å². The molecule has 0 saturated carbocycles. The second-order valence-corrected chi connectivity index (χ2v) is 4.85. The molecule has 0 aliphatic heterocycles. The van der Waals surface area contributed by atoms with Crippen molar-refractivity contribution in [2.24, 2.45) is 5.10 Å². The summed E-state index contributed by atoms with van der Waals surface area (Å²) in [4.78, 5) is 21.8. The van der Waals surface area contributed by atoms with Crippen molar-refractivity contribution in [2.45, 2.75) is 46.0 Å². The number of benzene rings is 1. The van der Waals surface area contributed by atoms with Crippen molar-refractivity contribution >= 4 is 17.3 Å². The van der Waals surface area contributed by atoms with Gasteiger partial charge in [0.15, 0.2) is 0 Å². The van der Waals surface area contributed by atoms with Gasteiger partial charge in [-0.15, -0.1) is 0 Å². The minimum Gasteiger partial charge on any atom is -0.273 e. The number of non-ortho nitro benzene ring substituents is 1. The molecule has 114 valence electrons. The number of hydrogen-bond donors (Lipinski definition) is 1. The van der Waals surface area contributed by atoms with Crippen molar-refractivity contribution in [3.63, 3.8) is 0 Å². The van der Waals surface area contributed by atoms with E-state index in [1.54, 1.807) is 19.1 Å². The molecule has 0 spiro atoms. The molecule has 21 heavy (non-hydrogen) atoms. The SMILES string of the molecule is CCCCCCC(=O)N/N=C(\C)c1cccc([N+](=O)[O-])c1. The van der Waals surface area contributed by atoms with Crippen LogP contribution in [0.15, 0.2) is 29.4 Å². The molecule has 0 aliphatic rings. The van der Waals surface area contributed by atoms with Gasteiger partial charge in [0.1, 0.15) is 0 Å². The Morgan fingerprint density at radius 2 is 2.10 bits per heavy atom. The number of nitrogens with zero attached hydrogens (tertiary/aromatic N) is 2. The van der Waals surface area contributed by atoms with Crippen molar-refractivity contribution in [3.8, 4) is 0 Å². The minimum atomic E-state index is -0.455. The highest BCUT2D eigenvalue weighted by Gasteiger charge is 2.07. The zero-order chi connectivity index (χ0) is 15.7. The van der Waals surface area contributed by atoms with Gasteiger partial charge in [-0.25, -0.2) is 5.43 Å². The van der Waals surface area contributed by atoms with Crippen LogP contribution in [0.1, 0.15) is 51.5 Å². The number of nitro groups is 1. The van der Waals surface area contributed by atoms with Crippen molar-refractivity contribution < 1.29 is 9.72 Å². The molecule has 0 bridgehead atoms. The molecule has 1 aromatic rings. The molecule has 6 nitrogen and oxygen atoms in total. The fourth-order valence-electron chi connectivity index (χ4n) is 1.82. The summed E-state index contributed by atoms with van der Waals surface area (Å²) in [6.07, 6.45) is 4.60. The molecule has 1 amide bonds. The molecule has 0 heterocycles. The van der Waals surface area contributed by atoms with E-state index in [-0.39, 0.29) is 11.6 Å². The van der Waals surface area contributed by atoms with Crippen LogP contribution in [-0.2, 0) is 4.79 Å². The van der Waals surface area contributed by atoms with Gasteiger partial charge in [0.2, 0.25) is 5.91 Å². The number of carbonyl (C=O) groups is 1. The fraction of sp³-hybridized carbons (Fsp3) is 0.467. The van der Waals surface area contributed by atoms with Crippen molar-refractivity contribution in [3.05, 3.63) is 39.9 Å². The lowest BCUT2D eigenvalue weighted by molar-refractivity contribution is -0.384. The van der Waals surface area contributed by atoms with Gasteiger partial charge >= 0.3 is 0 Å². The Labute approximate surface area is 124 Å². The quantitative estimate of drug-likeness (QED) is 0.345. The van der Waals surface area contributed by atoms with Crippen LogP contribution in [0.4, 0.5) is 5.69 Å². The molecule has 0 saturated heterocycles. The Morgan fingerprint density at radius 3 is 2.76 bits per heavy atom. The average Bonchev–Trinajstić information content (AvgIpc) is 2.49. The first kappa shape index (κ1) is 16.8. The predicted octanol–water partition coefficient (Wildman–Crippen LogP) is 3.41. The number of hydrazone groups is 1. The number of hydrogen-bond acceptors (Lipinski definition) is 4. The van der Waals surface area contributed by atoms with E-state index in [9.17, 15) is 14.9 Å². The molecule has 6 heteroatoms. The van der Waals surface area contributed by atoms with Crippen LogP contribution < -0.4 is 5.43 Å². The van der Waals surface area contributed by atoms with E-state index in [4.69, 9.17) is 0 Å². The third kappa shape index (κ3) is 6.16. The van der Waals surface area contributed by atoms with Crippen LogP contribution >= 0.6 is 0 Å². The van der Waals surface area contributed by atoms with E-state index in [2.05, 4.69) is 17.5 Å². The smallest absolute Gasteiger partial charge is 0.270 e. The second kappa shape index (κ2) is 8.84. The standard InChI is InChI=1S/C15H21N3O3/c1-3-4-5-6-10-15(19)17-16-12(2)13-8-7-9-14(11-13)18(20)21/h7-9,11H,3-6,10H2,1-2H3,(H,17,19)/b16-12+. The lowest BCUT2D eigenvalue weighted by Crippen LogP contribution is -2.18. The Balaban J connectivity index is 2.54. The predicted molar refractivity (Wildman–Crippen MR) is 82.2 cm³/mol. The Kier molecular flexibility index (Phi) is 7.08. The topological polar surface area (TPSA) is 84.6 Å². The van der Waals surface area contributed by atoms with Gasteiger partial charge < -0.3 is 0 Å². The van der Waals surface area contributed by atoms with Crippen LogP contribution in [0, 0.1) is 10.1 Å². The third-order valence-electron chi connectivity index (χ3n) is 3.08. The lowest BCUT2D eigenvalue weighted by atomic mass is 10.1. The number of unbranched alkanes of at least 4 members (excludes halogenated alkanes) is 3. The monoisotopic (exact) mass is 291 g/mol. The summed E-state index contributed by atoms with van der Waals surface area (Å²) in [5.41, 5.74) is 3.66. The van der Waals surface area contributed by atoms with Crippen LogP contribution in [0.2, 0.25) is 0 Å². The largest absolute Gasteiger partial charge is 0.273 e. The summed E-state index contributed by atoms with van der Waals surface area (Å²) in [6, 6.07) is 6.17. The molecule has 1 N–H and O–H groups in total. The normalized spacial score (nSPS) is 11.2. The van der Waals surface area contributed by atoms with Gasteiger partial charge in [0.25, 0.3) is 5.69 Å². The first-order chi connectivity index (χ1) is 10.0. The van der Waals surface area contributed by atoms with Crippen molar-refractivity contribution in [1.82, 2.24) is 5.43 Å². The van der Waals surface area contributed by atoms with Crippen LogP contribution in [0.25, 0.3) is 0 Å². The molecule has 0 atom stereocenters. The summed E-state index contributed by atoms with van der Waals surface area (Å²) in [5.74, 6) is -0.129. The third-order valence-corrected chi connectivity index (χ3v) is 3.08. The summed E-state index contributed by atoms with van der Waals surface area (Å²) in [6.45, 7) is 3.82. The Morgan fingerprint density at radius 1 is 1.33 bits per heavy atom. The number of nitrogens with one attached hydrogen (secondary N) is 1.